The first-order valence-corrected chi connectivity index (χ1v) is 4.42. The van der Waals surface area contributed by atoms with Crippen molar-refractivity contribution in [3.63, 3.8) is 0 Å². The van der Waals surface area contributed by atoms with Gasteiger partial charge < -0.3 is 5.11 Å². The molecular formula is C9H8N4O3. The lowest BCUT2D eigenvalue weighted by molar-refractivity contribution is -0.384. The van der Waals surface area contributed by atoms with Crippen LogP contribution in [0.2, 0.25) is 0 Å². The third-order valence-electron chi connectivity index (χ3n) is 2.17. The van der Waals surface area contributed by atoms with Crippen molar-refractivity contribution >= 4 is 5.69 Å². The number of hydrogen-bond donors (Lipinski definition) is 1. The molecule has 7 heteroatoms. The molecule has 82 valence electrons. The van der Waals surface area contributed by atoms with E-state index in [9.17, 15) is 15.2 Å². The minimum absolute atomic E-state index is 0.0228. The predicted octanol–water partition coefficient (Wildman–Crippen LogP) is 1.19. The lowest BCUT2D eigenvalue weighted by atomic mass is 10.1. The fourth-order valence-electron chi connectivity index (χ4n) is 1.37. The van der Waals surface area contributed by atoms with Crippen molar-refractivity contribution in [2.75, 3.05) is 0 Å². The fraction of sp³-hybridized carbons (Fsp3) is 0.111. The number of aromatic hydroxyl groups is 1. The van der Waals surface area contributed by atoms with Crippen molar-refractivity contribution in [3.8, 4) is 11.4 Å². The zero-order valence-electron chi connectivity index (χ0n) is 8.36. The van der Waals surface area contributed by atoms with Gasteiger partial charge in [0.15, 0.2) is 0 Å². The maximum atomic E-state index is 10.7. The molecule has 16 heavy (non-hydrogen) atoms. The Morgan fingerprint density at radius 2 is 2.00 bits per heavy atom. The summed E-state index contributed by atoms with van der Waals surface area (Å²) in [5.41, 5.74) is 0.633. The fourth-order valence-corrected chi connectivity index (χ4v) is 1.37. The average Bonchev–Trinajstić information content (AvgIpc) is 2.74. The van der Waals surface area contributed by atoms with E-state index < -0.39 is 4.92 Å². The van der Waals surface area contributed by atoms with Crippen LogP contribution in [-0.4, -0.2) is 24.8 Å². The molecule has 0 fully saturated rings. The second kappa shape index (κ2) is 3.61. The van der Waals surface area contributed by atoms with E-state index in [0.717, 1.165) is 0 Å². The number of aryl methyl sites for hydroxylation is 1. The molecule has 0 spiro atoms. The van der Waals surface area contributed by atoms with E-state index in [2.05, 4.69) is 10.2 Å². The molecule has 0 bridgehead atoms. The van der Waals surface area contributed by atoms with Gasteiger partial charge >= 0.3 is 0 Å². The molecule has 0 saturated heterocycles. The number of aromatic nitrogens is 3. The summed E-state index contributed by atoms with van der Waals surface area (Å²) in [6.07, 6.45) is 2.72. The van der Waals surface area contributed by atoms with Gasteiger partial charge in [-0.25, -0.2) is 0 Å². The third kappa shape index (κ3) is 1.58. The number of nitro groups is 1. The molecule has 0 radical (unpaired) electrons. The summed E-state index contributed by atoms with van der Waals surface area (Å²) in [5.74, 6) is -0.0228. The number of non-ortho nitro benzene ring substituents is 1. The molecule has 0 saturated carbocycles. The van der Waals surface area contributed by atoms with Crippen molar-refractivity contribution in [1.82, 2.24) is 14.8 Å². The Balaban J connectivity index is 2.65. The first-order chi connectivity index (χ1) is 7.59. The predicted molar refractivity (Wildman–Crippen MR) is 54.4 cm³/mol. The van der Waals surface area contributed by atoms with Gasteiger partial charge in [-0.15, -0.1) is 10.2 Å². The normalized spacial score (nSPS) is 10.3. The zero-order valence-corrected chi connectivity index (χ0v) is 8.36. The van der Waals surface area contributed by atoms with Crippen LogP contribution in [0, 0.1) is 17.0 Å². The Bertz CT molecular complexity index is 536. The maximum absolute atomic E-state index is 10.7. The maximum Gasteiger partial charge on any atom is 0.272 e. The van der Waals surface area contributed by atoms with E-state index >= 15 is 0 Å². The number of nitro benzene ring substituents is 1. The summed E-state index contributed by atoms with van der Waals surface area (Å²) in [4.78, 5) is 10.2. The van der Waals surface area contributed by atoms with Gasteiger partial charge in [-0.2, -0.15) is 0 Å². The van der Waals surface area contributed by atoms with Gasteiger partial charge in [0.2, 0.25) is 0 Å². The molecule has 1 heterocycles. The highest BCUT2D eigenvalue weighted by Gasteiger charge is 2.14. The van der Waals surface area contributed by atoms with Crippen LogP contribution in [0.3, 0.4) is 0 Å². The Morgan fingerprint density at radius 3 is 2.56 bits per heavy atom. The van der Waals surface area contributed by atoms with Crippen LogP contribution in [0.25, 0.3) is 5.69 Å². The van der Waals surface area contributed by atoms with Crippen LogP contribution < -0.4 is 0 Å². The highest BCUT2D eigenvalue weighted by atomic mass is 16.6. The Labute approximate surface area is 90.1 Å². The lowest BCUT2D eigenvalue weighted by Crippen LogP contribution is -1.96. The number of phenols is 1. The van der Waals surface area contributed by atoms with Crippen LogP contribution in [0.5, 0.6) is 5.75 Å². The molecule has 1 aromatic heterocycles. The Kier molecular flexibility index (Phi) is 2.28. The molecule has 2 aromatic rings. The standard InChI is InChI=1S/C9H8N4O3/c1-6-2-7(13(15)16)3-8(9(6)14)12-4-10-11-5-12/h2-5,14H,1H3. The molecule has 0 unspecified atom stereocenters. The zero-order chi connectivity index (χ0) is 11.7. The second-order valence-corrected chi connectivity index (χ2v) is 3.26. The van der Waals surface area contributed by atoms with E-state index in [1.165, 1.54) is 29.4 Å². The first-order valence-electron chi connectivity index (χ1n) is 4.42. The molecule has 1 N–H and O–H groups in total. The first kappa shape index (κ1) is 10.1. The molecule has 2 rings (SSSR count). The molecule has 0 aliphatic heterocycles. The SMILES string of the molecule is Cc1cc([N+](=O)[O-])cc(-n2cnnc2)c1O. The largest absolute Gasteiger partial charge is 0.505 e. The summed E-state index contributed by atoms with van der Waals surface area (Å²) in [6, 6.07) is 2.58. The van der Waals surface area contributed by atoms with Gasteiger partial charge in [-0.05, 0) is 12.5 Å². The van der Waals surface area contributed by atoms with Crippen LogP contribution in [0.15, 0.2) is 24.8 Å². The second-order valence-electron chi connectivity index (χ2n) is 3.26. The van der Waals surface area contributed by atoms with Gasteiger partial charge in [0.25, 0.3) is 5.69 Å². The summed E-state index contributed by atoms with van der Waals surface area (Å²) >= 11 is 0. The van der Waals surface area contributed by atoms with Crippen LogP contribution in [0.4, 0.5) is 5.69 Å². The minimum Gasteiger partial charge on any atom is -0.505 e. The number of nitrogens with zero attached hydrogens (tertiary/aromatic N) is 4. The van der Waals surface area contributed by atoms with Crippen molar-refractivity contribution in [1.29, 1.82) is 0 Å². The van der Waals surface area contributed by atoms with Crippen LogP contribution in [-0.2, 0) is 0 Å². The lowest BCUT2D eigenvalue weighted by Gasteiger charge is -2.06. The number of benzene rings is 1. The molecule has 7 nitrogen and oxygen atoms in total. The van der Waals surface area contributed by atoms with E-state index in [1.54, 1.807) is 6.92 Å². The Hall–Kier alpha value is -2.44. The average molecular weight is 220 g/mol. The van der Waals surface area contributed by atoms with Crippen molar-refractivity contribution < 1.29 is 10.0 Å². The topological polar surface area (TPSA) is 94.1 Å². The Morgan fingerprint density at radius 1 is 1.38 bits per heavy atom. The number of rotatable bonds is 2. The van der Waals surface area contributed by atoms with Gasteiger partial charge in [0, 0.05) is 12.1 Å². The monoisotopic (exact) mass is 220 g/mol. The van der Waals surface area contributed by atoms with Crippen molar-refractivity contribution in [2.45, 2.75) is 6.92 Å². The van der Waals surface area contributed by atoms with Crippen molar-refractivity contribution in [3.05, 3.63) is 40.5 Å². The molecule has 0 atom stereocenters. The minimum atomic E-state index is -0.514. The van der Waals surface area contributed by atoms with E-state index in [0.29, 0.717) is 5.56 Å². The van der Waals surface area contributed by atoms with Crippen LogP contribution >= 0.6 is 0 Å². The molecule has 0 amide bonds. The van der Waals surface area contributed by atoms with Crippen LogP contribution in [0.1, 0.15) is 5.56 Å². The summed E-state index contributed by atoms with van der Waals surface area (Å²) in [7, 11) is 0. The summed E-state index contributed by atoms with van der Waals surface area (Å²) in [6.45, 7) is 1.59. The van der Waals surface area contributed by atoms with Crippen molar-refractivity contribution in [2.24, 2.45) is 0 Å². The number of phenolic OH excluding ortho intramolecular Hbond substituents is 1. The molecular weight excluding hydrogens is 212 g/mol. The van der Waals surface area contributed by atoms with Gasteiger partial charge in [0.1, 0.15) is 18.4 Å². The summed E-state index contributed by atoms with van der Waals surface area (Å²) < 4.78 is 1.41. The quantitative estimate of drug-likeness (QED) is 0.605. The van der Waals surface area contributed by atoms with Gasteiger partial charge in [-0.1, -0.05) is 0 Å². The third-order valence-corrected chi connectivity index (χ3v) is 2.17. The number of hydrogen-bond acceptors (Lipinski definition) is 5. The van der Waals surface area contributed by atoms with E-state index in [1.807, 2.05) is 0 Å². The van der Waals surface area contributed by atoms with E-state index in [4.69, 9.17) is 0 Å². The highest BCUT2D eigenvalue weighted by Crippen LogP contribution is 2.30. The summed E-state index contributed by atoms with van der Waals surface area (Å²) in [5, 5.41) is 27.6. The molecule has 0 aliphatic rings. The smallest absolute Gasteiger partial charge is 0.272 e. The molecule has 1 aromatic carbocycles. The van der Waals surface area contributed by atoms with Gasteiger partial charge in [-0.3, -0.25) is 14.7 Å². The van der Waals surface area contributed by atoms with E-state index in [-0.39, 0.29) is 17.1 Å². The highest BCUT2D eigenvalue weighted by molar-refractivity contribution is 5.57. The molecule has 0 aliphatic carbocycles. The van der Waals surface area contributed by atoms with Gasteiger partial charge in [0.05, 0.1) is 10.6 Å².